The molecule has 7 heteroatoms. The van der Waals surface area contributed by atoms with Crippen molar-refractivity contribution in [2.75, 3.05) is 18.4 Å². The molecular weight excluding hydrogens is 322 g/mol. The first-order chi connectivity index (χ1) is 11.7. The summed E-state index contributed by atoms with van der Waals surface area (Å²) in [6.07, 6.45) is 8.12. The molecule has 0 unspecified atom stereocenters. The predicted molar refractivity (Wildman–Crippen MR) is 94.3 cm³/mol. The zero-order valence-electron chi connectivity index (χ0n) is 13.9. The highest BCUT2D eigenvalue weighted by molar-refractivity contribution is 7.09. The molecule has 2 aliphatic rings. The van der Waals surface area contributed by atoms with Crippen molar-refractivity contribution in [1.29, 1.82) is 0 Å². The van der Waals surface area contributed by atoms with Gasteiger partial charge in [0.1, 0.15) is 5.82 Å². The molecule has 4 rings (SSSR count). The summed E-state index contributed by atoms with van der Waals surface area (Å²) in [6, 6.07) is 2.22. The number of hydrogen-bond donors (Lipinski definition) is 1. The van der Waals surface area contributed by atoms with Crippen LogP contribution >= 0.6 is 11.3 Å². The van der Waals surface area contributed by atoms with Gasteiger partial charge >= 0.3 is 6.03 Å². The molecule has 1 aliphatic heterocycles. The molecule has 1 N–H and O–H groups in total. The zero-order valence-corrected chi connectivity index (χ0v) is 14.7. The number of carbonyl (C=O) groups is 1. The number of thiazole rings is 1. The van der Waals surface area contributed by atoms with Crippen LogP contribution in [-0.2, 0) is 0 Å². The summed E-state index contributed by atoms with van der Waals surface area (Å²) in [5.41, 5.74) is 0. The Bertz CT molecular complexity index is 686. The highest BCUT2D eigenvalue weighted by atomic mass is 32.1. The van der Waals surface area contributed by atoms with Crippen molar-refractivity contribution < 1.29 is 4.79 Å². The van der Waals surface area contributed by atoms with E-state index in [-0.39, 0.29) is 6.03 Å². The number of rotatable bonds is 4. The van der Waals surface area contributed by atoms with Crippen LogP contribution in [0.15, 0.2) is 23.8 Å². The van der Waals surface area contributed by atoms with E-state index in [1.165, 1.54) is 17.8 Å². The van der Waals surface area contributed by atoms with Crippen LogP contribution < -0.4 is 5.32 Å². The second-order valence-electron chi connectivity index (χ2n) is 6.80. The van der Waals surface area contributed by atoms with Gasteiger partial charge in [-0.25, -0.2) is 14.5 Å². The maximum atomic E-state index is 12.6. The van der Waals surface area contributed by atoms with Gasteiger partial charge in [0.05, 0.1) is 17.2 Å². The number of anilines is 1. The molecule has 1 aliphatic carbocycles. The van der Waals surface area contributed by atoms with Crippen LogP contribution in [0.4, 0.5) is 10.6 Å². The Balaban J connectivity index is 1.35. The third-order valence-corrected chi connectivity index (χ3v) is 6.12. The highest BCUT2D eigenvalue weighted by Crippen LogP contribution is 2.40. The van der Waals surface area contributed by atoms with E-state index in [4.69, 9.17) is 0 Å². The second kappa shape index (κ2) is 6.55. The van der Waals surface area contributed by atoms with Gasteiger partial charge in [-0.2, -0.15) is 5.10 Å². The fourth-order valence-corrected chi connectivity index (χ4v) is 4.28. The molecule has 3 heterocycles. The summed E-state index contributed by atoms with van der Waals surface area (Å²) in [5, 5.41) is 10.7. The molecule has 0 aromatic carbocycles. The summed E-state index contributed by atoms with van der Waals surface area (Å²) >= 11 is 1.71. The van der Waals surface area contributed by atoms with Crippen molar-refractivity contribution in [3.63, 3.8) is 0 Å². The normalized spacial score (nSPS) is 20.1. The Labute approximate surface area is 145 Å². The largest absolute Gasteiger partial charge is 0.324 e. The number of piperidine rings is 1. The van der Waals surface area contributed by atoms with Gasteiger partial charge in [-0.05, 0) is 38.5 Å². The van der Waals surface area contributed by atoms with Gasteiger partial charge in [-0.1, -0.05) is 0 Å². The maximum absolute atomic E-state index is 12.6. The minimum absolute atomic E-state index is 0.0164. The molecule has 1 saturated heterocycles. The van der Waals surface area contributed by atoms with Gasteiger partial charge in [0.2, 0.25) is 0 Å². The lowest BCUT2D eigenvalue weighted by atomic mass is 9.98. The molecule has 24 heavy (non-hydrogen) atoms. The minimum Gasteiger partial charge on any atom is -0.324 e. The number of nitrogens with one attached hydrogen (secondary N) is 1. The van der Waals surface area contributed by atoms with Crippen LogP contribution in [0.1, 0.15) is 49.6 Å². The van der Waals surface area contributed by atoms with Gasteiger partial charge in [-0.15, -0.1) is 11.3 Å². The van der Waals surface area contributed by atoms with Crippen LogP contribution in [0, 0.1) is 5.92 Å². The number of urea groups is 1. The fourth-order valence-electron chi connectivity index (χ4n) is 3.47. The molecule has 6 nitrogen and oxygen atoms in total. The standard InChI is InChI=1S/C17H23N5OS/c1-12(13-2-3-13)22-15(4-7-19-22)20-17(23)21-9-5-14(6-10-21)16-18-8-11-24-16/h4,7-8,11-14H,2-3,5-6,9-10H2,1H3,(H,20,23)/t12-/m1/s1. The molecule has 2 fully saturated rings. The molecule has 0 bridgehead atoms. The van der Waals surface area contributed by atoms with Gasteiger partial charge in [0, 0.05) is 36.7 Å². The Hall–Kier alpha value is -1.89. The molecule has 128 valence electrons. The molecule has 2 aromatic heterocycles. The molecular formula is C17H23N5OS. The smallest absolute Gasteiger partial charge is 0.322 e. The highest BCUT2D eigenvalue weighted by Gasteiger charge is 2.31. The Morgan fingerprint density at radius 2 is 2.08 bits per heavy atom. The summed E-state index contributed by atoms with van der Waals surface area (Å²) in [4.78, 5) is 18.9. The van der Waals surface area contributed by atoms with Crippen LogP contribution in [0.2, 0.25) is 0 Å². The fraction of sp³-hybridized carbons (Fsp3) is 0.588. The van der Waals surface area contributed by atoms with Crippen molar-refractivity contribution in [3.05, 3.63) is 28.8 Å². The Morgan fingerprint density at radius 3 is 2.75 bits per heavy atom. The molecule has 2 aromatic rings. The third kappa shape index (κ3) is 3.17. The molecule has 1 saturated carbocycles. The number of likely N-dealkylation sites (tertiary alicyclic amines) is 1. The maximum Gasteiger partial charge on any atom is 0.322 e. The van der Waals surface area contributed by atoms with Crippen LogP contribution in [0.3, 0.4) is 0 Å². The number of hydrogen-bond acceptors (Lipinski definition) is 4. The second-order valence-corrected chi connectivity index (χ2v) is 7.73. The van der Waals surface area contributed by atoms with Gasteiger partial charge in [0.25, 0.3) is 0 Å². The van der Waals surface area contributed by atoms with E-state index in [9.17, 15) is 4.79 Å². The van der Waals surface area contributed by atoms with Gasteiger partial charge in [-0.3, -0.25) is 5.32 Å². The average Bonchev–Trinajstić information content (AvgIpc) is 3.11. The van der Waals surface area contributed by atoms with E-state index < -0.39 is 0 Å². The lowest BCUT2D eigenvalue weighted by Crippen LogP contribution is -2.41. The summed E-state index contributed by atoms with van der Waals surface area (Å²) < 4.78 is 1.96. The lowest BCUT2D eigenvalue weighted by Gasteiger charge is -2.31. The van der Waals surface area contributed by atoms with Crippen LogP contribution in [0.25, 0.3) is 0 Å². The van der Waals surface area contributed by atoms with Crippen LogP contribution in [0.5, 0.6) is 0 Å². The summed E-state index contributed by atoms with van der Waals surface area (Å²) in [7, 11) is 0. The van der Waals surface area contributed by atoms with E-state index in [1.54, 1.807) is 17.5 Å². The zero-order chi connectivity index (χ0) is 16.5. The third-order valence-electron chi connectivity index (χ3n) is 5.18. The number of amides is 2. The molecule has 2 amide bonds. The Morgan fingerprint density at radius 1 is 1.29 bits per heavy atom. The van der Waals surface area contributed by atoms with E-state index in [1.807, 2.05) is 27.2 Å². The summed E-state index contributed by atoms with van der Waals surface area (Å²) in [5.74, 6) is 2.01. The number of carbonyl (C=O) groups excluding carboxylic acids is 1. The first-order valence-electron chi connectivity index (χ1n) is 8.71. The van der Waals surface area contributed by atoms with E-state index >= 15 is 0 Å². The first-order valence-corrected chi connectivity index (χ1v) is 9.59. The number of nitrogens with zero attached hydrogens (tertiary/aromatic N) is 4. The van der Waals surface area contributed by atoms with Crippen molar-refractivity contribution in [1.82, 2.24) is 19.7 Å². The molecule has 1 atom stereocenters. The molecule has 0 spiro atoms. The summed E-state index contributed by atoms with van der Waals surface area (Å²) in [6.45, 7) is 3.74. The van der Waals surface area contributed by atoms with Crippen LogP contribution in [-0.4, -0.2) is 38.8 Å². The monoisotopic (exact) mass is 345 g/mol. The minimum atomic E-state index is -0.0164. The lowest BCUT2D eigenvalue weighted by molar-refractivity contribution is 0.194. The van der Waals surface area contributed by atoms with Crippen molar-refractivity contribution >= 4 is 23.2 Å². The van der Waals surface area contributed by atoms with Crippen molar-refractivity contribution in [3.8, 4) is 0 Å². The molecule has 0 radical (unpaired) electrons. The van der Waals surface area contributed by atoms with Gasteiger partial charge < -0.3 is 4.90 Å². The SMILES string of the molecule is C[C@H](C1CC1)n1nccc1NC(=O)N1CCC(c2nccs2)CC1. The number of aromatic nitrogens is 3. The van der Waals surface area contributed by atoms with E-state index in [0.717, 1.165) is 31.7 Å². The average molecular weight is 345 g/mol. The van der Waals surface area contributed by atoms with Gasteiger partial charge in [0.15, 0.2) is 0 Å². The predicted octanol–water partition coefficient (Wildman–Crippen LogP) is 3.72. The van der Waals surface area contributed by atoms with Crippen molar-refractivity contribution in [2.24, 2.45) is 5.92 Å². The van der Waals surface area contributed by atoms with E-state index in [2.05, 4.69) is 22.3 Å². The Kier molecular flexibility index (Phi) is 4.26. The topological polar surface area (TPSA) is 63.1 Å². The quantitative estimate of drug-likeness (QED) is 0.918. The first kappa shape index (κ1) is 15.6. The van der Waals surface area contributed by atoms with Crippen molar-refractivity contribution in [2.45, 2.75) is 44.6 Å². The van der Waals surface area contributed by atoms with E-state index in [0.29, 0.717) is 17.9 Å².